The molecule has 0 bridgehead atoms. The third kappa shape index (κ3) is 6.13. The van der Waals surface area contributed by atoms with Crippen molar-refractivity contribution >= 4 is 66.1 Å². The normalized spacial score (nSPS) is 13.4. The van der Waals surface area contributed by atoms with E-state index in [0.717, 1.165) is 56.2 Å². The van der Waals surface area contributed by atoms with Crippen LogP contribution < -0.4 is 4.74 Å². The highest BCUT2D eigenvalue weighted by Crippen LogP contribution is 2.31. The molecule has 3 aromatic rings. The molecule has 6 nitrogen and oxygen atoms in total. The minimum atomic E-state index is -0.676. The summed E-state index contributed by atoms with van der Waals surface area (Å²) >= 11 is 3.29. The largest absolute Gasteiger partial charge is 0.513 e. The van der Waals surface area contributed by atoms with E-state index in [4.69, 9.17) is 9.47 Å². The highest BCUT2D eigenvalue weighted by molar-refractivity contribution is 8.76. The predicted octanol–water partition coefficient (Wildman–Crippen LogP) is 5.92. The van der Waals surface area contributed by atoms with Gasteiger partial charge >= 0.3 is 6.16 Å². The standard InChI is InChI=1S/C20H19N3O3S4/c24-20(25-10-3-4-11-28-30-17-5-1-2-8-21-17)26-14-6-7-15-16(13-14)29-19(23-15)18-22-9-12-27-18/h1-2,5-8,13H,3-4,9-12H2. The second-order valence-corrected chi connectivity index (χ2v) is 10.7. The number of fused-ring (bicyclic) bond motifs is 1. The van der Waals surface area contributed by atoms with Crippen molar-refractivity contribution in [2.24, 2.45) is 4.99 Å². The first-order valence-electron chi connectivity index (χ1n) is 9.41. The molecule has 10 heteroatoms. The van der Waals surface area contributed by atoms with E-state index in [2.05, 4.69) is 15.0 Å². The molecule has 30 heavy (non-hydrogen) atoms. The molecule has 0 N–H and O–H groups in total. The van der Waals surface area contributed by atoms with Gasteiger partial charge in [0.25, 0.3) is 0 Å². The maximum atomic E-state index is 11.9. The quantitative estimate of drug-likeness (QED) is 0.163. The van der Waals surface area contributed by atoms with Gasteiger partial charge in [-0.05, 0) is 47.9 Å². The molecule has 1 aromatic carbocycles. The molecule has 0 radical (unpaired) electrons. The molecule has 0 fully saturated rings. The number of aromatic nitrogens is 2. The van der Waals surface area contributed by atoms with Gasteiger partial charge in [-0.2, -0.15) is 0 Å². The summed E-state index contributed by atoms with van der Waals surface area (Å²) in [5.41, 5.74) is 0.881. The van der Waals surface area contributed by atoms with Crippen LogP contribution in [0.5, 0.6) is 5.75 Å². The molecule has 1 aliphatic heterocycles. The Hall–Kier alpha value is -1.75. The van der Waals surface area contributed by atoms with Crippen LogP contribution in [-0.4, -0.2) is 45.8 Å². The van der Waals surface area contributed by atoms with Gasteiger partial charge in [0.15, 0.2) is 0 Å². The van der Waals surface area contributed by atoms with Crippen molar-refractivity contribution in [3.63, 3.8) is 0 Å². The Morgan fingerprint density at radius 3 is 3.00 bits per heavy atom. The van der Waals surface area contributed by atoms with Crippen LogP contribution in [0.1, 0.15) is 17.8 Å². The molecule has 1 aliphatic rings. The molecular formula is C20H19N3O3S4. The van der Waals surface area contributed by atoms with E-state index in [1.54, 1.807) is 56.9 Å². The van der Waals surface area contributed by atoms with Gasteiger partial charge in [-0.15, -0.1) is 23.1 Å². The SMILES string of the molecule is O=C(OCCCCSSc1ccccn1)Oc1ccc2nc(C3=NCCS3)sc2c1. The van der Waals surface area contributed by atoms with E-state index >= 15 is 0 Å². The van der Waals surface area contributed by atoms with Crippen LogP contribution in [0.15, 0.2) is 52.6 Å². The highest BCUT2D eigenvalue weighted by atomic mass is 33.1. The van der Waals surface area contributed by atoms with E-state index in [0.29, 0.717) is 12.4 Å². The van der Waals surface area contributed by atoms with Crippen molar-refractivity contribution in [1.29, 1.82) is 0 Å². The molecular weight excluding hydrogens is 459 g/mol. The van der Waals surface area contributed by atoms with Crippen molar-refractivity contribution < 1.29 is 14.3 Å². The average molecular weight is 478 g/mol. The van der Waals surface area contributed by atoms with Gasteiger partial charge in [-0.25, -0.2) is 14.8 Å². The molecule has 2 aromatic heterocycles. The van der Waals surface area contributed by atoms with Crippen molar-refractivity contribution in [2.75, 3.05) is 24.7 Å². The Bertz CT molecular complexity index is 1030. The molecule has 156 valence electrons. The van der Waals surface area contributed by atoms with Gasteiger partial charge < -0.3 is 9.47 Å². The Balaban J connectivity index is 1.16. The number of carbonyl (C=O) groups excluding carboxylic acids is 1. The average Bonchev–Trinajstić information content (AvgIpc) is 3.43. The van der Waals surface area contributed by atoms with Gasteiger partial charge in [-0.3, -0.25) is 4.99 Å². The molecule has 0 aliphatic carbocycles. The third-order valence-corrected chi connectivity index (χ3v) is 8.44. The summed E-state index contributed by atoms with van der Waals surface area (Å²) in [6, 6.07) is 11.3. The van der Waals surface area contributed by atoms with Crippen molar-refractivity contribution in [3.05, 3.63) is 47.6 Å². The Kier molecular flexibility index (Phi) is 7.90. The maximum Gasteiger partial charge on any atom is 0.513 e. The lowest BCUT2D eigenvalue weighted by Gasteiger charge is -2.06. The van der Waals surface area contributed by atoms with Gasteiger partial charge in [0.05, 0.1) is 16.8 Å². The van der Waals surface area contributed by atoms with Crippen LogP contribution in [0.4, 0.5) is 4.79 Å². The number of pyridine rings is 1. The van der Waals surface area contributed by atoms with Gasteiger partial charge in [0.1, 0.15) is 20.8 Å². The Morgan fingerprint density at radius 2 is 2.17 bits per heavy atom. The molecule has 4 rings (SSSR count). The summed E-state index contributed by atoms with van der Waals surface area (Å²) in [7, 11) is 3.40. The number of rotatable bonds is 9. The van der Waals surface area contributed by atoms with Crippen molar-refractivity contribution in [2.45, 2.75) is 17.9 Å². The number of thioether (sulfide) groups is 1. The summed E-state index contributed by atoms with van der Waals surface area (Å²) < 4.78 is 11.5. The number of hydrogen-bond acceptors (Lipinski definition) is 10. The minimum absolute atomic E-state index is 0.345. The summed E-state index contributed by atoms with van der Waals surface area (Å²) in [6.07, 6.45) is 2.86. The summed E-state index contributed by atoms with van der Waals surface area (Å²) in [6.45, 7) is 1.19. The highest BCUT2D eigenvalue weighted by Gasteiger charge is 2.15. The van der Waals surface area contributed by atoms with Crippen molar-refractivity contribution in [3.8, 4) is 5.75 Å². The maximum absolute atomic E-state index is 11.9. The van der Waals surface area contributed by atoms with Crippen LogP contribution >= 0.6 is 44.7 Å². The lowest BCUT2D eigenvalue weighted by atomic mass is 10.3. The molecule has 3 heterocycles. The first kappa shape index (κ1) is 21.5. The van der Waals surface area contributed by atoms with E-state index in [9.17, 15) is 4.79 Å². The lowest BCUT2D eigenvalue weighted by molar-refractivity contribution is 0.0979. The molecule has 0 spiro atoms. The fourth-order valence-corrected chi connectivity index (χ4v) is 6.52. The van der Waals surface area contributed by atoms with Crippen LogP contribution in [0, 0.1) is 0 Å². The van der Waals surface area contributed by atoms with E-state index in [1.807, 2.05) is 30.3 Å². The first-order valence-corrected chi connectivity index (χ1v) is 13.5. The number of ether oxygens (including phenoxy) is 2. The van der Waals surface area contributed by atoms with Crippen LogP contribution in [0.25, 0.3) is 10.2 Å². The van der Waals surface area contributed by atoms with Gasteiger partial charge in [-0.1, -0.05) is 16.9 Å². The topological polar surface area (TPSA) is 73.7 Å². The number of hydrogen-bond donors (Lipinski definition) is 0. The number of carbonyl (C=O) groups is 1. The smallest absolute Gasteiger partial charge is 0.434 e. The van der Waals surface area contributed by atoms with Gasteiger partial charge in [0.2, 0.25) is 0 Å². The van der Waals surface area contributed by atoms with Crippen molar-refractivity contribution in [1.82, 2.24) is 9.97 Å². The fourth-order valence-electron chi connectivity index (χ4n) is 2.57. The molecule has 0 amide bonds. The Labute approximate surface area is 190 Å². The minimum Gasteiger partial charge on any atom is -0.434 e. The number of nitrogens with zero attached hydrogens (tertiary/aromatic N) is 3. The zero-order valence-electron chi connectivity index (χ0n) is 16.0. The zero-order chi connectivity index (χ0) is 20.6. The summed E-state index contributed by atoms with van der Waals surface area (Å²) in [5, 5.41) is 2.92. The summed E-state index contributed by atoms with van der Waals surface area (Å²) in [5.74, 6) is 2.44. The van der Waals surface area contributed by atoms with Crippen LogP contribution in [0.3, 0.4) is 0 Å². The van der Waals surface area contributed by atoms with Gasteiger partial charge in [0, 0.05) is 30.3 Å². The molecule has 0 unspecified atom stereocenters. The molecule has 0 saturated carbocycles. The molecule has 0 atom stereocenters. The summed E-state index contributed by atoms with van der Waals surface area (Å²) in [4.78, 5) is 25.3. The zero-order valence-corrected chi connectivity index (χ0v) is 19.2. The first-order chi connectivity index (χ1) is 14.8. The molecule has 0 saturated heterocycles. The van der Waals surface area contributed by atoms with E-state index in [-0.39, 0.29) is 0 Å². The second kappa shape index (κ2) is 11.0. The van der Waals surface area contributed by atoms with E-state index in [1.165, 1.54) is 0 Å². The monoisotopic (exact) mass is 477 g/mol. The fraction of sp³-hybridized carbons (Fsp3) is 0.300. The number of thiazole rings is 1. The second-order valence-electron chi connectivity index (χ2n) is 6.16. The Morgan fingerprint density at radius 1 is 1.20 bits per heavy atom. The van der Waals surface area contributed by atoms with Crippen LogP contribution in [0.2, 0.25) is 0 Å². The number of benzene rings is 1. The third-order valence-electron chi connectivity index (χ3n) is 3.95. The lowest BCUT2D eigenvalue weighted by Crippen LogP contribution is -2.11. The number of aliphatic imine (C=N–C) groups is 1. The number of unbranched alkanes of at least 4 members (excludes halogenated alkanes) is 1. The predicted molar refractivity (Wildman–Crippen MR) is 127 cm³/mol. The van der Waals surface area contributed by atoms with Crippen LogP contribution in [-0.2, 0) is 4.74 Å². The van der Waals surface area contributed by atoms with E-state index < -0.39 is 6.16 Å².